The van der Waals surface area contributed by atoms with E-state index in [9.17, 15) is 9.90 Å². The van der Waals surface area contributed by atoms with Gasteiger partial charge in [-0.05, 0) is 0 Å². The molecule has 7 heteroatoms. The van der Waals surface area contributed by atoms with Crippen LogP contribution in [-0.4, -0.2) is 58.8 Å². The van der Waals surface area contributed by atoms with E-state index in [1.54, 1.807) is 0 Å². The number of rotatable bonds is 1. The van der Waals surface area contributed by atoms with Crippen molar-refractivity contribution in [1.29, 1.82) is 0 Å². The van der Waals surface area contributed by atoms with E-state index in [0.29, 0.717) is 0 Å². The third kappa shape index (κ3) is 1.49. The Labute approximate surface area is 78.8 Å². The molecule has 2 saturated heterocycles. The molecule has 2 rings (SSSR count). The minimum atomic E-state index is -1.40. The molecule has 0 bridgehead atoms. The van der Waals surface area contributed by atoms with E-state index < -0.39 is 36.9 Å². The molecule has 80 valence electrons. The lowest BCUT2D eigenvalue weighted by Crippen LogP contribution is -2.48. The number of aliphatic hydroxyl groups is 2. The smallest absolute Gasteiger partial charge is 0.361 e. The van der Waals surface area contributed by atoms with E-state index in [4.69, 9.17) is 24.4 Å². The summed E-state index contributed by atoms with van der Waals surface area (Å²) in [5.74, 6) is -1.27. The summed E-state index contributed by atoms with van der Waals surface area (Å²) in [6.07, 6.45) is -5.44. The Morgan fingerprint density at radius 2 is 2.00 bits per heavy atom. The summed E-state index contributed by atoms with van der Waals surface area (Å²) < 4.78 is 14.5. The minimum absolute atomic E-state index is 0.0181. The van der Waals surface area contributed by atoms with E-state index in [1.807, 2.05) is 0 Å². The van der Waals surface area contributed by atoms with Crippen LogP contribution in [0.3, 0.4) is 0 Å². The van der Waals surface area contributed by atoms with Crippen molar-refractivity contribution in [1.82, 2.24) is 0 Å². The van der Waals surface area contributed by atoms with Gasteiger partial charge in [0.05, 0.1) is 6.61 Å². The fourth-order valence-electron chi connectivity index (χ4n) is 1.52. The number of fused-ring (bicyclic) bond motifs is 1. The molecule has 2 aliphatic rings. The summed E-state index contributed by atoms with van der Waals surface area (Å²) in [7, 11) is 0. The number of hydrogen-bond donors (Lipinski definition) is 3. The highest BCUT2D eigenvalue weighted by Crippen LogP contribution is 2.27. The van der Waals surface area contributed by atoms with Gasteiger partial charge in [0.1, 0.15) is 18.3 Å². The molecule has 2 fully saturated rings. The molecule has 0 amide bonds. The standard InChI is InChI=1S/C7H10O7/c8-3-4-2(13-6(3)11)1-12-7(14-4)5(9)10/h2-4,6-8,11H,1H2,(H,9,10). The van der Waals surface area contributed by atoms with Crippen molar-refractivity contribution in [2.24, 2.45) is 0 Å². The first kappa shape index (κ1) is 9.81. The fraction of sp³-hybridized carbons (Fsp3) is 0.857. The van der Waals surface area contributed by atoms with Gasteiger partial charge in [-0.2, -0.15) is 0 Å². The zero-order chi connectivity index (χ0) is 10.3. The van der Waals surface area contributed by atoms with Crippen molar-refractivity contribution in [2.45, 2.75) is 30.9 Å². The first-order chi connectivity index (χ1) is 6.59. The SMILES string of the molecule is O=C(O)C1OCC2OC(O)C(O)C2O1. The van der Waals surface area contributed by atoms with Gasteiger partial charge in [-0.25, -0.2) is 4.79 Å². The Bertz CT molecular complexity index is 242. The quantitative estimate of drug-likeness (QED) is 0.451. The predicted molar refractivity (Wildman–Crippen MR) is 39.1 cm³/mol. The molecule has 0 aliphatic carbocycles. The summed E-state index contributed by atoms with van der Waals surface area (Å²) in [5, 5.41) is 27.0. The summed E-state index contributed by atoms with van der Waals surface area (Å²) in [6, 6.07) is 0. The Kier molecular flexibility index (Phi) is 2.41. The van der Waals surface area contributed by atoms with Crippen LogP contribution in [0.5, 0.6) is 0 Å². The van der Waals surface area contributed by atoms with Gasteiger partial charge in [-0.15, -0.1) is 0 Å². The number of carboxylic acids is 1. The van der Waals surface area contributed by atoms with E-state index in [-0.39, 0.29) is 6.61 Å². The monoisotopic (exact) mass is 206 g/mol. The fourth-order valence-corrected chi connectivity index (χ4v) is 1.52. The van der Waals surface area contributed by atoms with Crippen LogP contribution < -0.4 is 0 Å². The predicted octanol–water partition coefficient (Wildman–Crippen LogP) is -2.11. The van der Waals surface area contributed by atoms with Crippen molar-refractivity contribution >= 4 is 5.97 Å². The van der Waals surface area contributed by atoms with E-state index in [2.05, 4.69) is 0 Å². The molecule has 2 heterocycles. The number of aliphatic carboxylic acids is 1. The zero-order valence-corrected chi connectivity index (χ0v) is 7.07. The van der Waals surface area contributed by atoms with Gasteiger partial charge < -0.3 is 29.5 Å². The Morgan fingerprint density at radius 3 is 2.64 bits per heavy atom. The maximum absolute atomic E-state index is 10.5. The highest BCUT2D eigenvalue weighted by atomic mass is 16.8. The zero-order valence-electron chi connectivity index (χ0n) is 7.07. The third-order valence-electron chi connectivity index (χ3n) is 2.20. The van der Waals surface area contributed by atoms with Crippen LogP contribution in [0.15, 0.2) is 0 Å². The molecule has 14 heavy (non-hydrogen) atoms. The summed E-state index contributed by atoms with van der Waals surface area (Å²) in [4.78, 5) is 10.5. The number of hydrogen-bond acceptors (Lipinski definition) is 6. The van der Waals surface area contributed by atoms with E-state index in [1.165, 1.54) is 0 Å². The van der Waals surface area contributed by atoms with Crippen molar-refractivity contribution in [3.05, 3.63) is 0 Å². The Balaban J connectivity index is 2.04. The topological polar surface area (TPSA) is 105 Å². The third-order valence-corrected chi connectivity index (χ3v) is 2.20. The molecule has 0 aromatic heterocycles. The molecule has 3 N–H and O–H groups in total. The van der Waals surface area contributed by atoms with Gasteiger partial charge in [-0.3, -0.25) is 0 Å². The van der Waals surface area contributed by atoms with Gasteiger partial charge >= 0.3 is 5.97 Å². The molecule has 0 aromatic rings. The molecule has 0 radical (unpaired) electrons. The van der Waals surface area contributed by atoms with Crippen LogP contribution in [0.25, 0.3) is 0 Å². The molecule has 0 saturated carbocycles. The van der Waals surface area contributed by atoms with Gasteiger partial charge in [0, 0.05) is 0 Å². The van der Waals surface area contributed by atoms with Crippen LogP contribution in [0.2, 0.25) is 0 Å². The number of aliphatic hydroxyl groups excluding tert-OH is 2. The summed E-state index contributed by atoms with van der Waals surface area (Å²) in [6.45, 7) is -0.0181. The highest BCUT2D eigenvalue weighted by Gasteiger charge is 2.49. The first-order valence-electron chi connectivity index (χ1n) is 4.11. The van der Waals surface area contributed by atoms with Crippen molar-refractivity contribution < 1.29 is 34.3 Å². The molecule has 5 unspecified atom stereocenters. The number of carboxylic acid groups (broad SMARTS) is 1. The van der Waals surface area contributed by atoms with Crippen molar-refractivity contribution in [3.63, 3.8) is 0 Å². The highest BCUT2D eigenvalue weighted by molar-refractivity contribution is 5.70. The maximum atomic E-state index is 10.5. The van der Waals surface area contributed by atoms with Crippen molar-refractivity contribution in [2.75, 3.05) is 6.61 Å². The summed E-state index contributed by atoms with van der Waals surface area (Å²) >= 11 is 0. The first-order valence-corrected chi connectivity index (χ1v) is 4.11. The average molecular weight is 206 g/mol. The molecular weight excluding hydrogens is 196 g/mol. The molecular formula is C7H10O7. The number of ether oxygens (including phenoxy) is 3. The van der Waals surface area contributed by atoms with Gasteiger partial charge in [0.25, 0.3) is 6.29 Å². The molecule has 5 atom stereocenters. The Morgan fingerprint density at radius 1 is 1.29 bits per heavy atom. The van der Waals surface area contributed by atoms with Crippen LogP contribution in [0.1, 0.15) is 0 Å². The van der Waals surface area contributed by atoms with Crippen LogP contribution in [-0.2, 0) is 19.0 Å². The molecule has 0 spiro atoms. The second-order valence-electron chi connectivity index (χ2n) is 3.16. The number of carbonyl (C=O) groups is 1. The van der Waals surface area contributed by atoms with Crippen molar-refractivity contribution in [3.8, 4) is 0 Å². The van der Waals surface area contributed by atoms with E-state index >= 15 is 0 Å². The van der Waals surface area contributed by atoms with Gasteiger partial charge in [0.15, 0.2) is 6.29 Å². The van der Waals surface area contributed by atoms with E-state index in [0.717, 1.165) is 0 Å². The van der Waals surface area contributed by atoms with Gasteiger partial charge in [0.2, 0.25) is 0 Å². The second-order valence-corrected chi connectivity index (χ2v) is 3.16. The molecule has 7 nitrogen and oxygen atoms in total. The lowest BCUT2D eigenvalue weighted by Gasteiger charge is -2.29. The van der Waals surface area contributed by atoms with Crippen LogP contribution >= 0.6 is 0 Å². The largest absolute Gasteiger partial charge is 0.477 e. The molecule has 2 aliphatic heterocycles. The Hall–Kier alpha value is -0.730. The average Bonchev–Trinajstić information content (AvgIpc) is 2.43. The van der Waals surface area contributed by atoms with Crippen LogP contribution in [0.4, 0.5) is 0 Å². The van der Waals surface area contributed by atoms with Gasteiger partial charge in [-0.1, -0.05) is 0 Å². The maximum Gasteiger partial charge on any atom is 0.361 e. The lowest BCUT2D eigenvalue weighted by molar-refractivity contribution is -0.250. The lowest BCUT2D eigenvalue weighted by atomic mass is 10.1. The molecule has 0 aromatic carbocycles. The minimum Gasteiger partial charge on any atom is -0.477 e. The van der Waals surface area contributed by atoms with Crippen LogP contribution in [0, 0.1) is 0 Å². The second kappa shape index (κ2) is 3.44. The summed E-state index contributed by atoms with van der Waals surface area (Å²) in [5.41, 5.74) is 0. The normalized spacial score (nSPS) is 47.4.